The number of fused-ring (bicyclic) bond motifs is 1. The first-order valence-electron chi connectivity index (χ1n) is 6.73. The SMILES string of the molecule is O=C(NCc1nnc2n1C[C@H](C(F)(F)F)CC2)c1ccsc1. The van der Waals surface area contributed by atoms with Gasteiger partial charge < -0.3 is 9.88 Å². The number of halogens is 3. The topological polar surface area (TPSA) is 59.8 Å². The zero-order chi connectivity index (χ0) is 15.7. The van der Waals surface area contributed by atoms with Crippen molar-refractivity contribution in [2.24, 2.45) is 5.92 Å². The summed E-state index contributed by atoms with van der Waals surface area (Å²) < 4.78 is 40.0. The molecule has 22 heavy (non-hydrogen) atoms. The number of alkyl halides is 3. The minimum Gasteiger partial charge on any atom is -0.345 e. The van der Waals surface area contributed by atoms with Gasteiger partial charge in [0.2, 0.25) is 0 Å². The molecule has 9 heteroatoms. The molecule has 1 aliphatic heterocycles. The average molecular weight is 330 g/mol. The molecule has 3 heterocycles. The van der Waals surface area contributed by atoms with Gasteiger partial charge in [0.05, 0.1) is 12.5 Å². The van der Waals surface area contributed by atoms with Gasteiger partial charge in [0.1, 0.15) is 5.82 Å². The molecule has 0 saturated carbocycles. The third-order valence-corrected chi connectivity index (χ3v) is 4.36. The van der Waals surface area contributed by atoms with E-state index in [1.165, 1.54) is 15.9 Å². The molecule has 1 aliphatic rings. The number of amides is 1. The molecule has 1 amide bonds. The van der Waals surface area contributed by atoms with Crippen molar-refractivity contribution in [3.63, 3.8) is 0 Å². The summed E-state index contributed by atoms with van der Waals surface area (Å²) in [5.74, 6) is -0.767. The van der Waals surface area contributed by atoms with E-state index >= 15 is 0 Å². The van der Waals surface area contributed by atoms with Gasteiger partial charge in [-0.2, -0.15) is 24.5 Å². The van der Waals surface area contributed by atoms with Gasteiger partial charge in [-0.1, -0.05) is 0 Å². The molecule has 0 aromatic carbocycles. The van der Waals surface area contributed by atoms with Gasteiger partial charge in [0, 0.05) is 23.9 Å². The molecule has 2 aromatic rings. The van der Waals surface area contributed by atoms with Crippen LogP contribution in [-0.2, 0) is 19.5 Å². The maximum atomic E-state index is 12.9. The number of carbonyl (C=O) groups excluding carboxylic acids is 1. The fourth-order valence-electron chi connectivity index (χ4n) is 2.44. The number of carbonyl (C=O) groups is 1. The van der Waals surface area contributed by atoms with Gasteiger partial charge in [0.25, 0.3) is 5.91 Å². The number of rotatable bonds is 3. The summed E-state index contributed by atoms with van der Waals surface area (Å²) in [6.07, 6.45) is -3.95. The van der Waals surface area contributed by atoms with Crippen molar-refractivity contribution in [1.29, 1.82) is 0 Å². The van der Waals surface area contributed by atoms with E-state index in [4.69, 9.17) is 0 Å². The Morgan fingerprint density at radius 1 is 1.45 bits per heavy atom. The maximum absolute atomic E-state index is 12.9. The zero-order valence-electron chi connectivity index (χ0n) is 11.4. The van der Waals surface area contributed by atoms with Crippen LogP contribution in [0.15, 0.2) is 16.8 Å². The van der Waals surface area contributed by atoms with Gasteiger partial charge in [-0.3, -0.25) is 4.79 Å². The summed E-state index contributed by atoms with van der Waals surface area (Å²) in [6, 6.07) is 1.68. The van der Waals surface area contributed by atoms with Crippen molar-refractivity contribution in [2.45, 2.75) is 32.1 Å². The lowest BCUT2D eigenvalue weighted by molar-refractivity contribution is -0.182. The third kappa shape index (κ3) is 2.99. The van der Waals surface area contributed by atoms with E-state index in [2.05, 4.69) is 15.5 Å². The highest BCUT2D eigenvalue weighted by Crippen LogP contribution is 2.34. The van der Waals surface area contributed by atoms with Crippen LogP contribution in [-0.4, -0.2) is 26.8 Å². The Kier molecular flexibility index (Phi) is 3.90. The van der Waals surface area contributed by atoms with E-state index in [0.29, 0.717) is 17.2 Å². The molecule has 1 N–H and O–H groups in total. The van der Waals surface area contributed by atoms with Crippen molar-refractivity contribution in [3.05, 3.63) is 34.0 Å². The van der Waals surface area contributed by atoms with Gasteiger partial charge in [-0.05, 0) is 17.9 Å². The van der Waals surface area contributed by atoms with E-state index < -0.39 is 12.1 Å². The normalized spacial score (nSPS) is 18.0. The van der Waals surface area contributed by atoms with Crippen LogP contribution in [0.1, 0.15) is 28.4 Å². The summed E-state index contributed by atoms with van der Waals surface area (Å²) in [6.45, 7) is -0.123. The molecule has 2 aromatic heterocycles. The first-order valence-corrected chi connectivity index (χ1v) is 7.67. The molecule has 1 atom stereocenters. The number of aromatic nitrogens is 3. The predicted octanol–water partition coefficient (Wildman–Crippen LogP) is 2.39. The van der Waals surface area contributed by atoms with Crippen LogP contribution in [0.2, 0.25) is 0 Å². The molecule has 0 aliphatic carbocycles. The molecule has 3 rings (SSSR count). The first-order chi connectivity index (χ1) is 10.4. The van der Waals surface area contributed by atoms with Gasteiger partial charge in [-0.15, -0.1) is 10.2 Å². The second-order valence-corrected chi connectivity index (χ2v) is 5.90. The molecular weight excluding hydrogens is 317 g/mol. The third-order valence-electron chi connectivity index (χ3n) is 3.68. The molecule has 0 fully saturated rings. The minimum absolute atomic E-state index is 0.0307. The lowest BCUT2D eigenvalue weighted by atomic mass is 9.99. The summed E-state index contributed by atoms with van der Waals surface area (Å²) in [4.78, 5) is 11.9. The summed E-state index contributed by atoms with van der Waals surface area (Å²) in [5, 5.41) is 13.9. The second-order valence-electron chi connectivity index (χ2n) is 5.11. The highest BCUT2D eigenvalue weighted by Gasteiger charge is 2.42. The average Bonchev–Trinajstić information content (AvgIpc) is 3.13. The number of aryl methyl sites for hydroxylation is 1. The number of hydrogen-bond acceptors (Lipinski definition) is 4. The van der Waals surface area contributed by atoms with Crippen LogP contribution in [0.3, 0.4) is 0 Å². The Bertz CT molecular complexity index is 665. The maximum Gasteiger partial charge on any atom is 0.393 e. The van der Waals surface area contributed by atoms with Gasteiger partial charge >= 0.3 is 6.18 Å². The molecule has 0 unspecified atom stereocenters. The second kappa shape index (κ2) is 5.71. The van der Waals surface area contributed by atoms with E-state index in [0.717, 1.165) is 0 Å². The van der Waals surface area contributed by atoms with Crippen molar-refractivity contribution >= 4 is 17.2 Å². The first kappa shape index (κ1) is 15.0. The lowest BCUT2D eigenvalue weighted by Crippen LogP contribution is -2.33. The van der Waals surface area contributed by atoms with Crippen molar-refractivity contribution in [3.8, 4) is 0 Å². The van der Waals surface area contributed by atoms with E-state index in [1.807, 2.05) is 0 Å². The van der Waals surface area contributed by atoms with Gasteiger partial charge in [0.15, 0.2) is 5.82 Å². The highest BCUT2D eigenvalue weighted by molar-refractivity contribution is 7.08. The standard InChI is InChI=1S/C13H13F3N4OS/c14-13(15,16)9-1-2-10-18-19-11(20(10)6-9)5-17-12(21)8-3-4-22-7-8/h3-4,7,9H,1-2,5-6H2,(H,17,21)/t9-/m1/s1. The molecule has 118 valence electrons. The molecule has 0 radical (unpaired) electrons. The molecule has 0 saturated heterocycles. The monoisotopic (exact) mass is 330 g/mol. The largest absolute Gasteiger partial charge is 0.393 e. The van der Waals surface area contributed by atoms with E-state index in [1.54, 1.807) is 16.8 Å². The Morgan fingerprint density at radius 2 is 2.27 bits per heavy atom. The summed E-state index contributed by atoms with van der Waals surface area (Å²) in [7, 11) is 0. The smallest absolute Gasteiger partial charge is 0.345 e. The molecule has 0 bridgehead atoms. The number of nitrogens with one attached hydrogen (secondary N) is 1. The fourth-order valence-corrected chi connectivity index (χ4v) is 3.07. The predicted molar refractivity (Wildman–Crippen MR) is 73.4 cm³/mol. The Balaban J connectivity index is 1.69. The van der Waals surface area contributed by atoms with E-state index in [9.17, 15) is 18.0 Å². The van der Waals surface area contributed by atoms with Crippen LogP contribution in [0.25, 0.3) is 0 Å². The quantitative estimate of drug-likeness (QED) is 0.940. The fraction of sp³-hybridized carbons (Fsp3) is 0.462. The van der Waals surface area contributed by atoms with Crippen molar-refractivity contribution in [1.82, 2.24) is 20.1 Å². The Morgan fingerprint density at radius 3 is 2.95 bits per heavy atom. The number of hydrogen-bond donors (Lipinski definition) is 1. The van der Waals surface area contributed by atoms with Gasteiger partial charge in [-0.25, -0.2) is 0 Å². The van der Waals surface area contributed by atoms with Crippen LogP contribution < -0.4 is 5.32 Å². The molecule has 5 nitrogen and oxygen atoms in total. The van der Waals surface area contributed by atoms with Crippen molar-refractivity contribution < 1.29 is 18.0 Å². The Labute approximate surface area is 128 Å². The molecule has 0 spiro atoms. The van der Waals surface area contributed by atoms with Crippen molar-refractivity contribution in [2.75, 3.05) is 0 Å². The summed E-state index contributed by atoms with van der Waals surface area (Å²) >= 11 is 1.40. The lowest BCUT2D eigenvalue weighted by Gasteiger charge is -2.26. The van der Waals surface area contributed by atoms with Crippen LogP contribution in [0, 0.1) is 5.92 Å². The molecular formula is C13H13F3N4OS. The minimum atomic E-state index is -4.22. The Hall–Kier alpha value is -1.90. The summed E-state index contributed by atoms with van der Waals surface area (Å²) in [5.41, 5.74) is 0.525. The highest BCUT2D eigenvalue weighted by atomic mass is 32.1. The number of nitrogens with zero attached hydrogens (tertiary/aromatic N) is 3. The van der Waals surface area contributed by atoms with E-state index in [-0.39, 0.29) is 31.8 Å². The van der Waals surface area contributed by atoms with Crippen LogP contribution in [0.4, 0.5) is 13.2 Å². The van der Waals surface area contributed by atoms with Crippen LogP contribution in [0.5, 0.6) is 0 Å². The number of thiophene rings is 1. The van der Waals surface area contributed by atoms with Crippen LogP contribution >= 0.6 is 11.3 Å². The zero-order valence-corrected chi connectivity index (χ0v) is 12.2.